The molecule has 0 amide bonds. The number of nitrogens with zero attached hydrogens (tertiary/aromatic N) is 5. The summed E-state index contributed by atoms with van der Waals surface area (Å²) < 4.78 is 4.62. The minimum absolute atomic E-state index is 0.678. The Balaban J connectivity index is 1.37. The van der Waals surface area contributed by atoms with Gasteiger partial charge in [-0.25, -0.2) is 4.98 Å². The lowest BCUT2D eigenvalue weighted by molar-refractivity contribution is 0.965. The first kappa shape index (κ1) is 21.7. The van der Waals surface area contributed by atoms with Crippen LogP contribution in [-0.4, -0.2) is 24.7 Å². The smallest absolute Gasteiger partial charge is 0.188 e. The van der Waals surface area contributed by atoms with Gasteiger partial charge < -0.3 is 0 Å². The van der Waals surface area contributed by atoms with Crippen molar-refractivity contribution in [3.63, 3.8) is 0 Å². The molecule has 5 aromatic carbocycles. The van der Waals surface area contributed by atoms with E-state index in [1.54, 1.807) is 23.7 Å². The first-order valence-corrected chi connectivity index (χ1v) is 14.0. The average molecular weight is 530 g/mol. The molecule has 4 aromatic heterocycles. The number of aromatic nitrogens is 5. The van der Waals surface area contributed by atoms with Crippen LogP contribution < -0.4 is 0 Å². The van der Waals surface area contributed by atoms with Crippen molar-refractivity contribution in [3.05, 3.63) is 116 Å². The van der Waals surface area contributed by atoms with Crippen LogP contribution in [0.3, 0.4) is 0 Å². The van der Waals surface area contributed by atoms with Crippen LogP contribution in [0.5, 0.6) is 0 Å². The minimum atomic E-state index is 0.678. The molecule has 0 aliphatic carbocycles. The minimum Gasteiger partial charge on any atom is -0.290 e. The molecule has 4 heterocycles. The third kappa shape index (κ3) is 2.96. The lowest BCUT2D eigenvalue weighted by Crippen LogP contribution is -2.04. The summed E-state index contributed by atoms with van der Waals surface area (Å²) in [4.78, 5) is 9.66. The first-order valence-electron chi connectivity index (χ1n) is 13.2. The molecule has 9 aromatic rings. The maximum absolute atomic E-state index is 4.88. The Kier molecular flexibility index (Phi) is 4.42. The molecular formula is C34H19N5S. The summed E-state index contributed by atoms with van der Waals surface area (Å²) in [5.41, 5.74) is 5.37. The van der Waals surface area contributed by atoms with Crippen molar-refractivity contribution < 1.29 is 0 Å². The van der Waals surface area contributed by atoms with Gasteiger partial charge in [-0.1, -0.05) is 78.9 Å². The molecule has 186 valence electrons. The Morgan fingerprint density at radius 1 is 0.550 bits per heavy atom. The van der Waals surface area contributed by atoms with Gasteiger partial charge in [-0.2, -0.15) is 0 Å². The zero-order valence-corrected chi connectivity index (χ0v) is 21.9. The molecule has 0 saturated carbocycles. The largest absolute Gasteiger partial charge is 0.290 e. The van der Waals surface area contributed by atoms with Crippen molar-refractivity contribution in [2.45, 2.75) is 0 Å². The van der Waals surface area contributed by atoms with E-state index in [-0.39, 0.29) is 0 Å². The van der Waals surface area contributed by atoms with Crippen LogP contribution in [-0.2, 0) is 0 Å². The highest BCUT2D eigenvalue weighted by molar-refractivity contribution is 7.26. The summed E-state index contributed by atoms with van der Waals surface area (Å²) in [5.74, 6) is 0.678. The third-order valence-corrected chi connectivity index (χ3v) is 9.01. The van der Waals surface area contributed by atoms with Crippen LogP contribution in [0.1, 0.15) is 0 Å². The summed E-state index contributed by atoms with van der Waals surface area (Å²) in [5, 5.41) is 16.9. The van der Waals surface area contributed by atoms with Crippen LogP contribution in [0.2, 0.25) is 0 Å². The normalized spacial score (nSPS) is 12.0. The van der Waals surface area contributed by atoms with Gasteiger partial charge in [0.25, 0.3) is 0 Å². The van der Waals surface area contributed by atoms with E-state index in [1.807, 2.05) is 0 Å². The highest BCUT2D eigenvalue weighted by atomic mass is 32.1. The summed E-state index contributed by atoms with van der Waals surface area (Å²) in [6.07, 6.45) is 3.47. The van der Waals surface area contributed by atoms with Gasteiger partial charge in [0.2, 0.25) is 0 Å². The molecule has 0 atom stereocenters. The molecule has 0 bridgehead atoms. The van der Waals surface area contributed by atoms with Gasteiger partial charge in [-0.05, 0) is 35.0 Å². The monoisotopic (exact) mass is 529 g/mol. The molecule has 0 aliphatic rings. The molecule has 0 unspecified atom stereocenters. The van der Waals surface area contributed by atoms with Gasteiger partial charge >= 0.3 is 0 Å². The lowest BCUT2D eigenvalue weighted by Gasteiger charge is -2.11. The van der Waals surface area contributed by atoms with Gasteiger partial charge in [-0.15, -0.1) is 21.5 Å². The number of fused-ring (bicyclic) bond motifs is 8. The molecule has 0 saturated heterocycles. The fraction of sp³-hybridized carbons (Fsp3) is 0. The van der Waals surface area contributed by atoms with Crippen molar-refractivity contribution in [1.82, 2.24) is 24.7 Å². The van der Waals surface area contributed by atoms with E-state index in [0.29, 0.717) is 5.82 Å². The van der Waals surface area contributed by atoms with E-state index >= 15 is 0 Å². The highest BCUT2D eigenvalue weighted by Crippen LogP contribution is 2.41. The van der Waals surface area contributed by atoms with Crippen LogP contribution in [0, 0.1) is 0 Å². The summed E-state index contributed by atoms with van der Waals surface area (Å²) in [7, 11) is 0. The Morgan fingerprint density at radius 2 is 1.27 bits per heavy atom. The van der Waals surface area contributed by atoms with Crippen LogP contribution >= 0.6 is 11.3 Å². The Bertz CT molecular complexity index is 2450. The topological polar surface area (TPSA) is 56.5 Å². The van der Waals surface area contributed by atoms with Gasteiger partial charge in [0.1, 0.15) is 16.7 Å². The Morgan fingerprint density at radius 3 is 2.17 bits per heavy atom. The van der Waals surface area contributed by atoms with Crippen LogP contribution in [0.4, 0.5) is 0 Å². The molecule has 0 radical (unpaired) electrons. The molecule has 40 heavy (non-hydrogen) atoms. The molecular weight excluding hydrogens is 510 g/mol. The zero-order chi connectivity index (χ0) is 26.2. The van der Waals surface area contributed by atoms with Gasteiger partial charge in [-0.3, -0.25) is 9.55 Å². The van der Waals surface area contributed by atoms with Crippen molar-refractivity contribution in [1.29, 1.82) is 0 Å². The maximum Gasteiger partial charge on any atom is 0.188 e. The highest BCUT2D eigenvalue weighted by Gasteiger charge is 2.21. The quantitative estimate of drug-likeness (QED) is 0.225. The van der Waals surface area contributed by atoms with Crippen LogP contribution in [0.25, 0.3) is 80.9 Å². The summed E-state index contributed by atoms with van der Waals surface area (Å²) in [6.45, 7) is 0. The molecule has 0 spiro atoms. The first-order chi connectivity index (χ1) is 19.8. The van der Waals surface area contributed by atoms with Crippen molar-refractivity contribution in [2.75, 3.05) is 0 Å². The summed E-state index contributed by atoms with van der Waals surface area (Å²) >= 11 is 1.78. The predicted molar refractivity (Wildman–Crippen MR) is 165 cm³/mol. The average Bonchev–Trinajstić information content (AvgIpc) is 3.55. The Labute approximate surface area is 232 Å². The Hall–Kier alpha value is -5.20. The van der Waals surface area contributed by atoms with E-state index in [1.165, 1.54) is 41.7 Å². The number of benzene rings is 5. The predicted octanol–water partition coefficient (Wildman–Crippen LogP) is 8.71. The zero-order valence-electron chi connectivity index (χ0n) is 21.1. The second kappa shape index (κ2) is 8.15. The van der Waals surface area contributed by atoms with E-state index < -0.39 is 0 Å². The maximum atomic E-state index is 4.88. The van der Waals surface area contributed by atoms with Gasteiger partial charge in [0.15, 0.2) is 5.82 Å². The van der Waals surface area contributed by atoms with E-state index in [2.05, 4.69) is 108 Å². The number of hydrogen-bond donors (Lipinski definition) is 0. The fourth-order valence-corrected chi connectivity index (χ4v) is 7.23. The summed E-state index contributed by atoms with van der Waals surface area (Å²) in [6, 6.07) is 36.3. The van der Waals surface area contributed by atoms with Crippen molar-refractivity contribution in [2.24, 2.45) is 0 Å². The molecule has 9 rings (SSSR count). The van der Waals surface area contributed by atoms with E-state index in [0.717, 1.165) is 33.3 Å². The van der Waals surface area contributed by atoms with Crippen LogP contribution in [0.15, 0.2) is 116 Å². The SMILES string of the molecule is c1ccc2cc3c(cc2c1)c1ccccc1n3-c1nnc(-c2cccc3c2sc2ccccc23)c2nccnc12. The number of rotatable bonds is 2. The number of thiophene rings is 1. The van der Waals surface area contributed by atoms with Gasteiger partial charge in [0, 0.05) is 48.9 Å². The van der Waals surface area contributed by atoms with Crippen molar-refractivity contribution in [3.8, 4) is 17.1 Å². The lowest BCUT2D eigenvalue weighted by atomic mass is 10.1. The fourth-order valence-electron chi connectivity index (χ4n) is 6.02. The number of hydrogen-bond acceptors (Lipinski definition) is 5. The molecule has 6 heteroatoms. The number of para-hydroxylation sites is 1. The standard InChI is InChI=1S/C34H19N5S/c1-2-9-21-19-28-26(18-20(21)8-1)22-10-3-5-14-27(22)39(28)34-32-31(35-16-17-36-32)30(37-38-34)25-13-7-12-24-23-11-4-6-15-29(23)40-33(24)25/h1-19H. The molecule has 0 aliphatic heterocycles. The third-order valence-electron chi connectivity index (χ3n) is 7.79. The molecule has 0 fully saturated rings. The molecule has 5 nitrogen and oxygen atoms in total. The second-order valence-corrected chi connectivity index (χ2v) is 11.0. The van der Waals surface area contributed by atoms with E-state index in [9.17, 15) is 0 Å². The van der Waals surface area contributed by atoms with Crippen molar-refractivity contribution >= 4 is 75.1 Å². The van der Waals surface area contributed by atoms with E-state index in [4.69, 9.17) is 20.2 Å². The second-order valence-electron chi connectivity index (χ2n) is 9.98. The molecule has 0 N–H and O–H groups in total. The van der Waals surface area contributed by atoms with Gasteiger partial charge in [0.05, 0.1) is 11.0 Å².